The lowest BCUT2D eigenvalue weighted by molar-refractivity contribution is -0.161. The second-order valence-electron chi connectivity index (χ2n) is 24.4. The van der Waals surface area contributed by atoms with Crippen LogP contribution in [0.2, 0.25) is 0 Å². The Labute approximate surface area is 505 Å². The standard InChI is InChI=1S/C61H64F2N6O20/c1-59(2,3)57(83)87-22-88-58(84)69(8)21-37(72)27-10-12-38(42-29(27)14-24-16-32-46(68(6)7)50(76)44(56(65)82)54(80)61(32,86)52(78)40(24)48(42)74)89-25-17-33(62)30(34(63)18-25)19-66-20-36(71)26-9-11-35(70)41-28(26)13-23-15-31-45(67(4)5)49(75)43(55(64)81)53(79)60(31,85)51(77)39(23)47(41)73/h9-12,17-18,23-24,31-32,45-46,66,70,75-78,85-86H,13-16,19-22H2,1-8H3,(H2,64,81)(H2,65,82)/t23-,24-,31-,32-,45-,46-,60-,61-/m0/s1. The van der Waals surface area contributed by atoms with Crippen molar-refractivity contribution in [2.45, 2.75) is 76.3 Å². The van der Waals surface area contributed by atoms with Crippen molar-refractivity contribution in [2.75, 3.05) is 55.1 Å². The first-order valence-corrected chi connectivity index (χ1v) is 27.8. The minimum absolute atomic E-state index is 0.00255. The topological polar surface area (TPSA) is 414 Å². The van der Waals surface area contributed by atoms with E-state index in [2.05, 4.69) is 5.32 Å². The molecule has 3 aromatic rings. The number of carbonyl (C=O) groups is 10. The molecule has 0 radical (unpaired) electrons. The number of hydrogen-bond acceptors (Lipinski definition) is 23. The molecule has 89 heavy (non-hydrogen) atoms. The number of fused-ring (bicyclic) bond motifs is 6. The van der Waals surface area contributed by atoms with Gasteiger partial charge in [-0.05, 0) is 122 Å². The number of ether oxygens (including phenoxy) is 3. The van der Waals surface area contributed by atoms with E-state index >= 15 is 13.6 Å². The number of nitrogens with zero attached hydrogens (tertiary/aromatic N) is 3. The number of phenolic OH excluding ortho intramolecular Hbond substituents is 1. The molecule has 6 aliphatic rings. The Balaban J connectivity index is 0.988. The van der Waals surface area contributed by atoms with Gasteiger partial charge in [-0.1, -0.05) is 0 Å². The van der Waals surface area contributed by atoms with Gasteiger partial charge in [0.1, 0.15) is 63.1 Å². The number of amides is 3. The number of aromatic hydroxyl groups is 1. The lowest BCUT2D eigenvalue weighted by Crippen LogP contribution is -2.63. The van der Waals surface area contributed by atoms with Gasteiger partial charge in [0.25, 0.3) is 11.8 Å². The van der Waals surface area contributed by atoms with Crippen LogP contribution in [0.25, 0.3) is 0 Å². The van der Waals surface area contributed by atoms with Crippen molar-refractivity contribution in [1.29, 1.82) is 0 Å². The zero-order valence-corrected chi connectivity index (χ0v) is 49.3. The largest absolute Gasteiger partial charge is 0.510 e. The second kappa shape index (κ2) is 23.1. The van der Waals surface area contributed by atoms with Gasteiger partial charge >= 0.3 is 12.1 Å². The summed E-state index contributed by atoms with van der Waals surface area (Å²) in [6.07, 6.45) is -2.29. The van der Waals surface area contributed by atoms with Crippen molar-refractivity contribution in [3.05, 3.63) is 132 Å². The summed E-state index contributed by atoms with van der Waals surface area (Å²) in [6, 6.07) is 3.31. The molecule has 0 fully saturated rings. The van der Waals surface area contributed by atoms with Crippen LogP contribution >= 0.6 is 0 Å². The van der Waals surface area contributed by atoms with Gasteiger partial charge < -0.3 is 71.6 Å². The molecule has 0 saturated carbocycles. The van der Waals surface area contributed by atoms with Gasteiger partial charge in [0, 0.05) is 65.4 Å². The first-order chi connectivity index (χ1) is 41.5. The Morgan fingerprint density at radius 2 is 1.13 bits per heavy atom. The molecule has 0 spiro atoms. The molecule has 472 valence electrons. The van der Waals surface area contributed by atoms with E-state index in [-0.39, 0.29) is 47.9 Å². The summed E-state index contributed by atoms with van der Waals surface area (Å²) >= 11 is 0. The minimum Gasteiger partial charge on any atom is -0.510 e. The van der Waals surface area contributed by atoms with E-state index in [1.54, 1.807) is 20.8 Å². The summed E-state index contributed by atoms with van der Waals surface area (Å²) in [6.45, 7) is 1.90. The van der Waals surface area contributed by atoms with Crippen LogP contribution in [0.3, 0.4) is 0 Å². The van der Waals surface area contributed by atoms with Crippen molar-refractivity contribution in [3.8, 4) is 17.2 Å². The van der Waals surface area contributed by atoms with Gasteiger partial charge in [-0.25, -0.2) is 13.6 Å². The quantitative estimate of drug-likeness (QED) is 0.0426. The number of benzene rings is 3. The number of likely N-dealkylation sites (N-methyl/N-ethyl adjacent to an activating group) is 3. The number of aliphatic hydroxyl groups excluding tert-OH is 4. The number of halogens is 2. The van der Waals surface area contributed by atoms with Gasteiger partial charge in [0.2, 0.25) is 18.4 Å². The molecule has 9 rings (SSSR count). The number of Topliss-reactive ketones (excluding diaryl/α,β-unsaturated/α-hetero) is 6. The van der Waals surface area contributed by atoms with Gasteiger partial charge in [0.05, 0.1) is 41.7 Å². The second-order valence-corrected chi connectivity index (χ2v) is 24.4. The van der Waals surface area contributed by atoms with Crippen LogP contribution in [0.15, 0.2) is 81.7 Å². The number of ketones is 6. The molecule has 28 heteroatoms. The number of nitrogens with two attached hydrogens (primary N) is 2. The van der Waals surface area contributed by atoms with Gasteiger partial charge in [0.15, 0.2) is 34.3 Å². The summed E-state index contributed by atoms with van der Waals surface area (Å²) in [5.74, 6) is -23.3. The lowest BCUT2D eigenvalue weighted by atomic mass is 9.58. The molecule has 12 N–H and O–H groups in total. The molecule has 0 unspecified atom stereocenters. The van der Waals surface area contributed by atoms with E-state index in [1.165, 1.54) is 57.2 Å². The summed E-state index contributed by atoms with van der Waals surface area (Å²) < 4.78 is 48.4. The predicted octanol–water partition coefficient (Wildman–Crippen LogP) is 2.69. The molecule has 0 aliphatic heterocycles. The number of aliphatic hydroxyl groups is 6. The van der Waals surface area contributed by atoms with E-state index in [1.807, 2.05) is 0 Å². The van der Waals surface area contributed by atoms with Crippen LogP contribution in [0.1, 0.15) is 91.7 Å². The molecule has 6 aliphatic carbocycles. The summed E-state index contributed by atoms with van der Waals surface area (Å²) in [5, 5.41) is 83.8. The molecule has 0 bridgehead atoms. The highest BCUT2D eigenvalue weighted by Gasteiger charge is 2.65. The van der Waals surface area contributed by atoms with Crippen LogP contribution in [0.5, 0.6) is 17.2 Å². The molecule has 8 atom stereocenters. The van der Waals surface area contributed by atoms with Gasteiger partial charge in [-0.15, -0.1) is 0 Å². The number of phenols is 1. The fourth-order valence-electron chi connectivity index (χ4n) is 13.3. The lowest BCUT2D eigenvalue weighted by Gasteiger charge is -2.50. The number of allylic oxidation sites excluding steroid dienone is 2. The molecule has 0 heterocycles. The highest BCUT2D eigenvalue weighted by Crippen LogP contribution is 2.55. The average Bonchev–Trinajstić information content (AvgIpc) is 0.757. The van der Waals surface area contributed by atoms with Crippen LogP contribution in [0, 0.1) is 40.7 Å². The van der Waals surface area contributed by atoms with E-state index in [0.717, 1.165) is 29.2 Å². The van der Waals surface area contributed by atoms with E-state index in [4.69, 9.17) is 25.7 Å². The highest BCUT2D eigenvalue weighted by molar-refractivity contribution is 6.26. The third kappa shape index (κ3) is 10.5. The number of carbonyl (C=O) groups excluding carboxylic acids is 10. The first kappa shape index (κ1) is 64.3. The third-order valence-electron chi connectivity index (χ3n) is 17.4. The van der Waals surface area contributed by atoms with Crippen molar-refractivity contribution >= 4 is 58.6 Å². The molecule has 3 aromatic carbocycles. The molecule has 0 aromatic heterocycles. The molecule has 0 saturated heterocycles. The van der Waals surface area contributed by atoms with Crippen molar-refractivity contribution in [3.63, 3.8) is 0 Å². The molecular weight excluding hydrogens is 1170 g/mol. The summed E-state index contributed by atoms with van der Waals surface area (Å²) in [5.41, 5.74) is -1.03. The fraction of sp³-hybridized carbons (Fsp3) is 0.410. The summed E-state index contributed by atoms with van der Waals surface area (Å²) in [7, 11) is 7.00. The Morgan fingerprint density at radius 3 is 1.61 bits per heavy atom. The number of rotatable bonds is 16. The first-order valence-electron chi connectivity index (χ1n) is 27.8. The zero-order chi connectivity index (χ0) is 65.7. The van der Waals surface area contributed by atoms with Gasteiger partial charge in [-0.2, -0.15) is 0 Å². The molecular formula is C61H64F2N6O20. The summed E-state index contributed by atoms with van der Waals surface area (Å²) in [4.78, 5) is 139. The minimum atomic E-state index is -3.02. The average molecular weight is 1240 g/mol. The third-order valence-corrected chi connectivity index (χ3v) is 17.4. The normalized spacial score (nSPS) is 24.8. The Kier molecular flexibility index (Phi) is 16.6. The zero-order valence-electron chi connectivity index (χ0n) is 49.3. The number of esters is 1. The van der Waals surface area contributed by atoms with Crippen LogP contribution in [-0.4, -0.2) is 187 Å². The van der Waals surface area contributed by atoms with E-state index < -0.39 is 228 Å². The van der Waals surface area contributed by atoms with E-state index in [9.17, 15) is 78.9 Å². The molecule has 3 amide bonds. The maximum Gasteiger partial charge on any atom is 0.412 e. The maximum atomic E-state index is 16.2. The predicted molar refractivity (Wildman–Crippen MR) is 302 cm³/mol. The van der Waals surface area contributed by atoms with Crippen LogP contribution in [-0.2, 0) is 52.8 Å². The number of primary amides is 2. The van der Waals surface area contributed by atoms with Crippen molar-refractivity contribution in [1.82, 2.24) is 20.0 Å². The Morgan fingerprint density at radius 1 is 0.674 bits per heavy atom. The molecule has 26 nitrogen and oxygen atoms in total. The Hall–Kier alpha value is -9.22. The SMILES string of the molecule is CN(CC(=O)c1ccc(Oc2cc(F)c(CNCC(=O)c3ccc(O)c4c3C[C@H]3C[C@H]5[C@H](N(C)C)C(O)=C(C(N)=O)C(=O)[C@@]5(O)C(O)=C3C4=O)c(F)c2)c2c1C[C@H]1C[C@H]3[C@H](N(C)C)C(O)=C(C(N)=O)C(=O)[C@@]3(O)C(O)=C1C2=O)C(=O)OCOC(=O)C(C)(C)C. The van der Waals surface area contributed by atoms with E-state index in [0.29, 0.717) is 0 Å². The van der Waals surface area contributed by atoms with Crippen LogP contribution in [0.4, 0.5) is 13.6 Å². The number of nitrogens with one attached hydrogen (secondary N) is 1. The monoisotopic (exact) mass is 1240 g/mol. The van der Waals surface area contributed by atoms with Gasteiger partial charge in [-0.3, -0.25) is 53.0 Å². The smallest absolute Gasteiger partial charge is 0.412 e. The Bertz CT molecular complexity index is 3820. The van der Waals surface area contributed by atoms with Crippen molar-refractivity contribution < 1.29 is 107 Å². The highest BCUT2D eigenvalue weighted by atomic mass is 19.1. The fourth-order valence-corrected chi connectivity index (χ4v) is 13.3. The van der Waals surface area contributed by atoms with Crippen LogP contribution < -0.4 is 21.5 Å². The maximum absolute atomic E-state index is 16.2. The number of hydrogen-bond donors (Lipinski definition) is 10. The van der Waals surface area contributed by atoms with Crippen molar-refractivity contribution in [2.24, 2.45) is 40.6 Å².